The van der Waals surface area contributed by atoms with Gasteiger partial charge in [0.1, 0.15) is 6.04 Å². The van der Waals surface area contributed by atoms with Crippen molar-refractivity contribution in [1.29, 1.82) is 0 Å². The molecule has 0 aliphatic rings. The number of nitrogens with one attached hydrogen (secondary N) is 1. The summed E-state index contributed by atoms with van der Waals surface area (Å²) in [5.74, 6) is -0.772. The van der Waals surface area contributed by atoms with Crippen LogP contribution in [0.4, 0.5) is 4.79 Å². The van der Waals surface area contributed by atoms with Crippen LogP contribution in [0.1, 0.15) is 13.8 Å². The first-order chi connectivity index (χ1) is 4.95. The maximum atomic E-state index is 10.6. The zero-order chi connectivity index (χ0) is 9.02. The molecule has 0 bridgehead atoms. The molecule has 0 aliphatic heterocycles. The van der Waals surface area contributed by atoms with Crippen LogP contribution in [-0.4, -0.2) is 23.1 Å². The number of rotatable bonds is 3. The molecule has 0 aromatic rings. The first kappa shape index (κ1) is 9.74. The van der Waals surface area contributed by atoms with Gasteiger partial charge in [-0.25, -0.2) is 4.79 Å². The minimum Gasteiger partial charge on any atom is -0.465 e. The summed E-state index contributed by atoms with van der Waals surface area (Å²) < 4.78 is 0. The monoisotopic (exact) mass is 160 g/mol. The van der Waals surface area contributed by atoms with E-state index in [1.807, 2.05) is 5.32 Å². The Balaban J connectivity index is 4.12. The van der Waals surface area contributed by atoms with E-state index in [0.717, 1.165) is 0 Å². The number of carbonyl (C=O) groups is 2. The average Bonchev–Trinajstić information content (AvgIpc) is 1.81. The van der Waals surface area contributed by atoms with Gasteiger partial charge in [0.2, 0.25) is 5.91 Å². The van der Waals surface area contributed by atoms with E-state index >= 15 is 0 Å². The van der Waals surface area contributed by atoms with E-state index in [1.54, 1.807) is 13.8 Å². The Morgan fingerprint density at radius 3 is 2.00 bits per heavy atom. The predicted molar refractivity (Wildman–Crippen MR) is 39.0 cm³/mol. The van der Waals surface area contributed by atoms with Crippen LogP contribution in [0.3, 0.4) is 0 Å². The smallest absolute Gasteiger partial charge is 0.405 e. The van der Waals surface area contributed by atoms with Crippen molar-refractivity contribution in [3.8, 4) is 0 Å². The molecule has 0 saturated carbocycles. The molecule has 0 heterocycles. The van der Waals surface area contributed by atoms with Gasteiger partial charge in [0.15, 0.2) is 0 Å². The molecule has 11 heavy (non-hydrogen) atoms. The van der Waals surface area contributed by atoms with E-state index in [0.29, 0.717) is 0 Å². The molecule has 1 unspecified atom stereocenters. The molecule has 0 rings (SSSR count). The van der Waals surface area contributed by atoms with Crippen molar-refractivity contribution in [2.75, 3.05) is 0 Å². The molecule has 0 aromatic heterocycles. The third-order valence-electron chi connectivity index (χ3n) is 1.25. The maximum absolute atomic E-state index is 10.6. The Labute approximate surface area is 64.6 Å². The molecule has 64 valence electrons. The summed E-state index contributed by atoms with van der Waals surface area (Å²) in [6, 6.07) is -0.799. The molecule has 0 saturated heterocycles. The van der Waals surface area contributed by atoms with Crippen LogP contribution in [0, 0.1) is 5.92 Å². The van der Waals surface area contributed by atoms with E-state index in [-0.39, 0.29) is 5.92 Å². The fourth-order valence-corrected chi connectivity index (χ4v) is 0.699. The summed E-state index contributed by atoms with van der Waals surface area (Å²) in [7, 11) is 0. The van der Waals surface area contributed by atoms with Crippen LogP contribution >= 0.6 is 0 Å². The van der Waals surface area contributed by atoms with Crippen LogP contribution in [0.2, 0.25) is 0 Å². The van der Waals surface area contributed by atoms with Gasteiger partial charge in [-0.3, -0.25) is 4.79 Å². The number of hydrogen-bond acceptors (Lipinski definition) is 2. The topological polar surface area (TPSA) is 92.4 Å². The quantitative estimate of drug-likeness (QED) is 0.532. The minimum absolute atomic E-state index is 0.122. The number of hydrogen-bond donors (Lipinski definition) is 3. The summed E-state index contributed by atoms with van der Waals surface area (Å²) in [6.07, 6.45) is -1.23. The molecular weight excluding hydrogens is 148 g/mol. The second kappa shape index (κ2) is 3.80. The zero-order valence-corrected chi connectivity index (χ0v) is 6.50. The van der Waals surface area contributed by atoms with Gasteiger partial charge in [-0.2, -0.15) is 0 Å². The van der Waals surface area contributed by atoms with Gasteiger partial charge >= 0.3 is 6.09 Å². The highest BCUT2D eigenvalue weighted by atomic mass is 16.4. The fourth-order valence-electron chi connectivity index (χ4n) is 0.699. The molecule has 0 aromatic carbocycles. The Bertz CT molecular complexity index is 167. The molecule has 0 aliphatic carbocycles. The SMILES string of the molecule is CC(C)C(NC(=O)O)C(N)=O. The molecule has 0 fully saturated rings. The Morgan fingerprint density at radius 1 is 1.45 bits per heavy atom. The lowest BCUT2D eigenvalue weighted by atomic mass is 10.0. The summed E-state index contributed by atoms with van der Waals surface area (Å²) >= 11 is 0. The summed E-state index contributed by atoms with van der Waals surface area (Å²) in [6.45, 7) is 3.43. The Kier molecular flexibility index (Phi) is 3.36. The Morgan fingerprint density at radius 2 is 1.91 bits per heavy atom. The van der Waals surface area contributed by atoms with Gasteiger partial charge in [0.05, 0.1) is 0 Å². The number of amides is 2. The van der Waals surface area contributed by atoms with Gasteiger partial charge in [-0.05, 0) is 5.92 Å². The second-order valence-corrected chi connectivity index (χ2v) is 2.57. The molecule has 1 atom stereocenters. The lowest BCUT2D eigenvalue weighted by Crippen LogP contribution is -2.47. The van der Waals surface area contributed by atoms with Crippen molar-refractivity contribution in [2.45, 2.75) is 19.9 Å². The predicted octanol–water partition coefficient (Wildman–Crippen LogP) is -0.236. The van der Waals surface area contributed by atoms with Gasteiger partial charge in [0.25, 0.3) is 0 Å². The number of nitrogens with two attached hydrogens (primary N) is 1. The zero-order valence-electron chi connectivity index (χ0n) is 6.50. The molecule has 2 amide bonds. The van der Waals surface area contributed by atoms with Crippen molar-refractivity contribution < 1.29 is 14.7 Å². The van der Waals surface area contributed by atoms with Crippen molar-refractivity contribution >= 4 is 12.0 Å². The number of primary amides is 1. The van der Waals surface area contributed by atoms with E-state index in [9.17, 15) is 9.59 Å². The van der Waals surface area contributed by atoms with Crippen LogP contribution in [0.5, 0.6) is 0 Å². The minimum atomic E-state index is -1.23. The third kappa shape index (κ3) is 3.44. The molecule has 5 heteroatoms. The van der Waals surface area contributed by atoms with Crippen molar-refractivity contribution in [2.24, 2.45) is 11.7 Å². The van der Waals surface area contributed by atoms with Gasteiger partial charge < -0.3 is 16.2 Å². The van der Waals surface area contributed by atoms with Gasteiger partial charge in [-0.15, -0.1) is 0 Å². The molecule has 0 spiro atoms. The second-order valence-electron chi connectivity index (χ2n) is 2.57. The van der Waals surface area contributed by atoms with Gasteiger partial charge in [-0.1, -0.05) is 13.8 Å². The standard InChI is InChI=1S/C6H12N2O3/c1-3(2)4(5(7)9)8-6(10)11/h3-4,8H,1-2H3,(H2,7,9)(H,10,11). The van der Waals surface area contributed by atoms with Crippen molar-refractivity contribution in [3.63, 3.8) is 0 Å². The van der Waals surface area contributed by atoms with Crippen LogP contribution in [-0.2, 0) is 4.79 Å². The lowest BCUT2D eigenvalue weighted by molar-refractivity contribution is -0.120. The first-order valence-corrected chi connectivity index (χ1v) is 3.24. The van der Waals surface area contributed by atoms with E-state index in [2.05, 4.69) is 0 Å². The summed E-state index contributed by atoms with van der Waals surface area (Å²) in [4.78, 5) is 20.7. The summed E-state index contributed by atoms with van der Waals surface area (Å²) in [5.41, 5.74) is 4.92. The van der Waals surface area contributed by atoms with E-state index in [4.69, 9.17) is 10.8 Å². The number of carboxylic acid groups (broad SMARTS) is 1. The van der Waals surface area contributed by atoms with E-state index in [1.165, 1.54) is 0 Å². The highest BCUT2D eigenvalue weighted by Crippen LogP contribution is 1.99. The van der Waals surface area contributed by atoms with Crippen molar-refractivity contribution in [1.82, 2.24) is 5.32 Å². The highest BCUT2D eigenvalue weighted by Gasteiger charge is 2.20. The average molecular weight is 160 g/mol. The lowest BCUT2D eigenvalue weighted by Gasteiger charge is -2.16. The Hall–Kier alpha value is -1.26. The number of carbonyl (C=O) groups excluding carboxylic acids is 1. The van der Waals surface area contributed by atoms with E-state index < -0.39 is 18.0 Å². The fraction of sp³-hybridized carbons (Fsp3) is 0.667. The van der Waals surface area contributed by atoms with Crippen LogP contribution in [0.15, 0.2) is 0 Å². The largest absolute Gasteiger partial charge is 0.465 e. The highest BCUT2D eigenvalue weighted by molar-refractivity contribution is 5.83. The molecule has 4 N–H and O–H groups in total. The molecule has 0 radical (unpaired) electrons. The molecule has 5 nitrogen and oxygen atoms in total. The third-order valence-corrected chi connectivity index (χ3v) is 1.25. The first-order valence-electron chi connectivity index (χ1n) is 3.24. The summed E-state index contributed by atoms with van der Waals surface area (Å²) in [5, 5.41) is 10.3. The van der Waals surface area contributed by atoms with Crippen LogP contribution in [0.25, 0.3) is 0 Å². The molecular formula is C6H12N2O3. The normalized spacial score (nSPS) is 12.6. The van der Waals surface area contributed by atoms with Gasteiger partial charge in [0, 0.05) is 0 Å². The van der Waals surface area contributed by atoms with Crippen LogP contribution < -0.4 is 11.1 Å². The van der Waals surface area contributed by atoms with Crippen molar-refractivity contribution in [3.05, 3.63) is 0 Å². The maximum Gasteiger partial charge on any atom is 0.405 e.